The van der Waals surface area contributed by atoms with E-state index in [9.17, 15) is 20.1 Å². The molecule has 0 bridgehead atoms. The van der Waals surface area contributed by atoms with Crippen LogP contribution in [0.3, 0.4) is 0 Å². The summed E-state index contributed by atoms with van der Waals surface area (Å²) in [4.78, 5) is 12.3. The number of aliphatic hydroxyl groups is 3. The van der Waals surface area contributed by atoms with Crippen molar-refractivity contribution in [3.05, 3.63) is 0 Å². The molecule has 33 heavy (non-hydrogen) atoms. The number of ether oxygens (including phenoxy) is 1. The molecule has 4 saturated carbocycles. The average Bonchev–Trinajstić information content (AvgIpc) is 3.06. The Morgan fingerprint density at radius 3 is 2.39 bits per heavy atom. The van der Waals surface area contributed by atoms with Gasteiger partial charge in [0.2, 0.25) is 0 Å². The third-order valence-corrected chi connectivity index (χ3v) is 10.7. The fourth-order valence-electron chi connectivity index (χ4n) is 9.07. The van der Waals surface area contributed by atoms with Gasteiger partial charge in [-0.25, -0.2) is 0 Å². The highest BCUT2D eigenvalue weighted by molar-refractivity contribution is 5.69. The Hall–Kier alpha value is -0.650. The van der Waals surface area contributed by atoms with Crippen LogP contribution in [0.5, 0.6) is 0 Å². The highest BCUT2D eigenvalue weighted by atomic mass is 16.6. The lowest BCUT2D eigenvalue weighted by molar-refractivity contribution is -0.207. The van der Waals surface area contributed by atoms with Crippen molar-refractivity contribution in [3.8, 4) is 0 Å². The lowest BCUT2D eigenvalue weighted by Gasteiger charge is -2.63. The quantitative estimate of drug-likeness (QED) is 0.525. The van der Waals surface area contributed by atoms with Crippen molar-refractivity contribution in [2.45, 2.75) is 123 Å². The third kappa shape index (κ3) is 4.40. The number of fused-ring (bicyclic) bond motifs is 5. The van der Waals surface area contributed by atoms with E-state index in [1.807, 2.05) is 20.8 Å². The predicted molar refractivity (Wildman–Crippen MR) is 128 cm³/mol. The largest absolute Gasteiger partial charge is 0.460 e. The fourth-order valence-corrected chi connectivity index (χ4v) is 9.07. The van der Waals surface area contributed by atoms with Crippen LogP contribution in [0.25, 0.3) is 0 Å². The van der Waals surface area contributed by atoms with Crippen LogP contribution in [0, 0.1) is 46.3 Å². The third-order valence-electron chi connectivity index (χ3n) is 10.7. The van der Waals surface area contributed by atoms with E-state index in [-0.39, 0.29) is 41.0 Å². The van der Waals surface area contributed by atoms with E-state index < -0.39 is 5.60 Å². The van der Waals surface area contributed by atoms with Crippen molar-refractivity contribution in [3.63, 3.8) is 0 Å². The number of hydrogen-bond donors (Lipinski definition) is 3. The molecule has 4 aliphatic carbocycles. The highest BCUT2D eigenvalue weighted by Crippen LogP contribution is 2.68. The summed E-state index contributed by atoms with van der Waals surface area (Å²) in [6.07, 6.45) is 6.52. The SMILES string of the molecule is C[C@H](CCC(=O)OC(C)(C)C)[C@H]1CCC2[C@@H]3[C@H](O)C[C@@H]4C[C@H](O)CC[C@]4(C)[C@H]3C[C@H](O)[C@@]21C. The number of esters is 1. The maximum Gasteiger partial charge on any atom is 0.306 e. The summed E-state index contributed by atoms with van der Waals surface area (Å²) in [5.41, 5.74) is -0.571. The number of aliphatic hydroxyl groups excluding tert-OH is 3. The summed E-state index contributed by atoms with van der Waals surface area (Å²) >= 11 is 0. The summed E-state index contributed by atoms with van der Waals surface area (Å²) < 4.78 is 5.52. The minimum atomic E-state index is -0.459. The molecule has 4 fully saturated rings. The molecule has 11 atom stereocenters. The minimum absolute atomic E-state index is 0.103. The predicted octanol–water partition coefficient (Wildman–Crippen LogP) is 4.71. The van der Waals surface area contributed by atoms with E-state index in [4.69, 9.17) is 4.74 Å². The molecule has 4 aliphatic rings. The second-order valence-electron chi connectivity index (χ2n) is 13.6. The molecule has 0 radical (unpaired) electrons. The van der Waals surface area contributed by atoms with Crippen molar-refractivity contribution in [1.29, 1.82) is 0 Å². The van der Waals surface area contributed by atoms with Crippen LogP contribution in [-0.2, 0) is 9.53 Å². The lowest BCUT2D eigenvalue weighted by atomic mass is 9.43. The van der Waals surface area contributed by atoms with E-state index >= 15 is 0 Å². The summed E-state index contributed by atoms with van der Waals surface area (Å²) in [5.74, 6) is 1.76. The zero-order chi connectivity index (χ0) is 24.3. The zero-order valence-corrected chi connectivity index (χ0v) is 21.7. The monoisotopic (exact) mass is 464 g/mol. The van der Waals surface area contributed by atoms with Crippen LogP contribution in [-0.4, -0.2) is 45.2 Å². The lowest BCUT2D eigenvalue weighted by Crippen LogP contribution is -2.62. The van der Waals surface area contributed by atoms with Crippen molar-refractivity contribution < 1.29 is 24.9 Å². The number of hydrogen-bond acceptors (Lipinski definition) is 5. The molecule has 0 spiro atoms. The van der Waals surface area contributed by atoms with Crippen LogP contribution in [0.2, 0.25) is 0 Å². The van der Waals surface area contributed by atoms with Crippen molar-refractivity contribution in [2.24, 2.45) is 46.3 Å². The first-order chi connectivity index (χ1) is 15.3. The van der Waals surface area contributed by atoms with Gasteiger partial charge >= 0.3 is 5.97 Å². The first-order valence-electron chi connectivity index (χ1n) is 13.5. The summed E-state index contributed by atoms with van der Waals surface area (Å²) in [7, 11) is 0. The molecule has 4 rings (SSSR count). The topological polar surface area (TPSA) is 87.0 Å². The van der Waals surface area contributed by atoms with Gasteiger partial charge in [-0.3, -0.25) is 4.79 Å². The van der Waals surface area contributed by atoms with Crippen molar-refractivity contribution in [1.82, 2.24) is 0 Å². The van der Waals surface area contributed by atoms with E-state index in [1.54, 1.807) is 0 Å². The van der Waals surface area contributed by atoms with Gasteiger partial charge in [0.15, 0.2) is 0 Å². The van der Waals surface area contributed by atoms with Gasteiger partial charge in [-0.2, -0.15) is 0 Å². The Balaban J connectivity index is 1.50. The summed E-state index contributed by atoms with van der Waals surface area (Å²) in [5, 5.41) is 33.3. The fraction of sp³-hybridized carbons (Fsp3) is 0.964. The Kier molecular flexibility index (Phi) is 6.77. The number of carbonyl (C=O) groups excluding carboxylic acids is 1. The Bertz CT molecular complexity index is 730. The molecule has 0 heterocycles. The van der Waals surface area contributed by atoms with Gasteiger partial charge in [-0.1, -0.05) is 20.8 Å². The molecule has 5 nitrogen and oxygen atoms in total. The molecule has 0 aromatic heterocycles. The maximum absolute atomic E-state index is 12.3. The van der Waals surface area contributed by atoms with Crippen LogP contribution < -0.4 is 0 Å². The van der Waals surface area contributed by atoms with Gasteiger partial charge in [-0.15, -0.1) is 0 Å². The first kappa shape index (κ1) is 25.4. The molecule has 0 aliphatic heterocycles. The van der Waals surface area contributed by atoms with E-state index in [1.165, 1.54) is 0 Å². The Labute approximate surface area is 200 Å². The van der Waals surface area contributed by atoms with E-state index in [0.717, 1.165) is 51.4 Å². The van der Waals surface area contributed by atoms with Gasteiger partial charge in [-0.05, 0) is 118 Å². The molecule has 0 saturated heterocycles. The zero-order valence-electron chi connectivity index (χ0n) is 21.7. The summed E-state index contributed by atoms with van der Waals surface area (Å²) in [6, 6.07) is 0. The van der Waals surface area contributed by atoms with Crippen LogP contribution in [0.4, 0.5) is 0 Å². The molecular formula is C28H48O5. The van der Waals surface area contributed by atoms with Gasteiger partial charge < -0.3 is 20.1 Å². The standard InChI is InChI=1S/C28H48O5/c1-16(7-10-24(32)33-26(2,3)4)19-8-9-20-25-21(15-23(31)28(19,20)6)27(5)12-11-18(29)13-17(27)14-22(25)30/h16-23,25,29-31H,7-15H2,1-6H3/t16-,17+,18-,19-,20?,21+,22-,23+,25+,27+,28-/m1/s1. The molecule has 0 aromatic carbocycles. The van der Waals surface area contributed by atoms with E-state index in [0.29, 0.717) is 36.0 Å². The summed E-state index contributed by atoms with van der Waals surface area (Å²) in [6.45, 7) is 12.6. The highest BCUT2D eigenvalue weighted by Gasteiger charge is 2.65. The Morgan fingerprint density at radius 1 is 1.03 bits per heavy atom. The minimum Gasteiger partial charge on any atom is -0.460 e. The normalized spacial score (nSPS) is 48.4. The number of rotatable bonds is 4. The first-order valence-corrected chi connectivity index (χ1v) is 13.5. The van der Waals surface area contributed by atoms with Gasteiger partial charge in [0.05, 0.1) is 18.3 Å². The average molecular weight is 465 g/mol. The molecule has 3 N–H and O–H groups in total. The van der Waals surface area contributed by atoms with Gasteiger partial charge in [0, 0.05) is 6.42 Å². The molecule has 0 amide bonds. The molecular weight excluding hydrogens is 416 g/mol. The van der Waals surface area contributed by atoms with Crippen LogP contribution >= 0.6 is 0 Å². The molecule has 190 valence electrons. The molecule has 0 aromatic rings. The van der Waals surface area contributed by atoms with Gasteiger partial charge in [0.25, 0.3) is 0 Å². The van der Waals surface area contributed by atoms with Crippen molar-refractivity contribution in [2.75, 3.05) is 0 Å². The van der Waals surface area contributed by atoms with Crippen LogP contribution in [0.1, 0.15) is 99.3 Å². The molecule has 5 heteroatoms. The molecule has 1 unspecified atom stereocenters. The van der Waals surface area contributed by atoms with Gasteiger partial charge in [0.1, 0.15) is 5.60 Å². The number of carbonyl (C=O) groups is 1. The maximum atomic E-state index is 12.3. The van der Waals surface area contributed by atoms with E-state index in [2.05, 4.69) is 20.8 Å². The van der Waals surface area contributed by atoms with Crippen molar-refractivity contribution >= 4 is 5.97 Å². The Morgan fingerprint density at radius 2 is 1.73 bits per heavy atom. The van der Waals surface area contributed by atoms with Crippen LogP contribution in [0.15, 0.2) is 0 Å². The second-order valence-corrected chi connectivity index (χ2v) is 13.6. The smallest absolute Gasteiger partial charge is 0.306 e. The second kappa shape index (κ2) is 8.78.